The molecule has 112 valence electrons. The number of ether oxygens (including phenoxy) is 3. The van der Waals surface area contributed by atoms with E-state index in [0.717, 1.165) is 5.56 Å². The Morgan fingerprint density at radius 1 is 1.00 bits per heavy atom. The van der Waals surface area contributed by atoms with Crippen LogP contribution >= 0.6 is 0 Å². The molecule has 0 aromatic heterocycles. The van der Waals surface area contributed by atoms with Crippen molar-refractivity contribution < 1.29 is 18.6 Å². The van der Waals surface area contributed by atoms with Crippen molar-refractivity contribution in [1.29, 1.82) is 0 Å². The van der Waals surface area contributed by atoms with Gasteiger partial charge in [0.15, 0.2) is 11.5 Å². The molecule has 0 aliphatic rings. The summed E-state index contributed by atoms with van der Waals surface area (Å²) in [6, 6.07) is 10.1. The first-order valence-corrected chi connectivity index (χ1v) is 6.50. The highest BCUT2D eigenvalue weighted by Gasteiger charge is 2.08. The van der Waals surface area contributed by atoms with E-state index in [9.17, 15) is 4.39 Å². The molecule has 0 saturated heterocycles. The molecule has 0 aliphatic carbocycles. The van der Waals surface area contributed by atoms with Gasteiger partial charge in [-0.05, 0) is 29.8 Å². The number of methoxy groups -OCH3 is 2. The van der Waals surface area contributed by atoms with Gasteiger partial charge in [-0.25, -0.2) is 4.39 Å². The monoisotopic (exact) mass is 291 g/mol. The summed E-state index contributed by atoms with van der Waals surface area (Å²) >= 11 is 0. The van der Waals surface area contributed by atoms with E-state index in [1.165, 1.54) is 13.2 Å². The first kappa shape index (κ1) is 15.1. The van der Waals surface area contributed by atoms with Crippen molar-refractivity contribution in [2.24, 2.45) is 5.73 Å². The maximum atomic E-state index is 13.8. The normalized spacial score (nSPS) is 10.3. The minimum atomic E-state index is -0.369. The number of hydrogen-bond donors (Lipinski definition) is 1. The van der Waals surface area contributed by atoms with Crippen LogP contribution in [0.4, 0.5) is 4.39 Å². The Bertz CT molecular complexity index is 616. The van der Waals surface area contributed by atoms with Crippen molar-refractivity contribution in [2.45, 2.75) is 13.2 Å². The van der Waals surface area contributed by atoms with Crippen LogP contribution in [0.25, 0.3) is 0 Å². The summed E-state index contributed by atoms with van der Waals surface area (Å²) in [4.78, 5) is 0. The number of hydrogen-bond acceptors (Lipinski definition) is 4. The third kappa shape index (κ3) is 3.64. The summed E-state index contributed by atoms with van der Waals surface area (Å²) in [7, 11) is 3.05. The van der Waals surface area contributed by atoms with E-state index in [4.69, 9.17) is 19.9 Å². The molecular formula is C16H18FNO3. The lowest BCUT2D eigenvalue weighted by atomic mass is 10.2. The molecule has 5 heteroatoms. The Morgan fingerprint density at radius 3 is 2.43 bits per heavy atom. The average molecular weight is 291 g/mol. The zero-order valence-corrected chi connectivity index (χ0v) is 12.1. The van der Waals surface area contributed by atoms with Gasteiger partial charge in [-0.3, -0.25) is 0 Å². The molecular weight excluding hydrogens is 273 g/mol. The first-order chi connectivity index (χ1) is 10.2. The maximum absolute atomic E-state index is 13.8. The van der Waals surface area contributed by atoms with Crippen molar-refractivity contribution in [3.05, 3.63) is 53.3 Å². The smallest absolute Gasteiger partial charge is 0.161 e. The van der Waals surface area contributed by atoms with Crippen LogP contribution in [0.15, 0.2) is 36.4 Å². The fraction of sp³-hybridized carbons (Fsp3) is 0.250. The minimum Gasteiger partial charge on any atom is -0.497 e. The summed E-state index contributed by atoms with van der Waals surface area (Å²) in [6.45, 7) is 0.526. The molecule has 2 aromatic rings. The van der Waals surface area contributed by atoms with Crippen molar-refractivity contribution in [2.75, 3.05) is 14.2 Å². The van der Waals surface area contributed by atoms with E-state index in [1.54, 1.807) is 31.4 Å². The van der Waals surface area contributed by atoms with Crippen LogP contribution in [-0.2, 0) is 13.2 Å². The molecule has 0 saturated carbocycles. The van der Waals surface area contributed by atoms with Crippen LogP contribution in [0.3, 0.4) is 0 Å². The van der Waals surface area contributed by atoms with Crippen LogP contribution in [0, 0.1) is 5.82 Å². The molecule has 0 fully saturated rings. The molecule has 0 unspecified atom stereocenters. The van der Waals surface area contributed by atoms with Crippen molar-refractivity contribution in [3.8, 4) is 17.2 Å². The standard InChI is InChI=1S/C16H18FNO3/c1-19-13-5-4-12(14(17)8-13)10-21-15-6-3-11(9-18)7-16(15)20-2/h3-8H,9-10,18H2,1-2H3. The number of rotatable bonds is 6. The van der Waals surface area contributed by atoms with E-state index in [2.05, 4.69) is 0 Å². The molecule has 0 amide bonds. The van der Waals surface area contributed by atoms with Gasteiger partial charge in [0.1, 0.15) is 18.2 Å². The van der Waals surface area contributed by atoms with Crippen LogP contribution in [0.2, 0.25) is 0 Å². The molecule has 0 heterocycles. The molecule has 0 spiro atoms. The zero-order valence-electron chi connectivity index (χ0n) is 12.1. The fourth-order valence-electron chi connectivity index (χ4n) is 1.89. The molecule has 2 aromatic carbocycles. The van der Waals surface area contributed by atoms with E-state index in [-0.39, 0.29) is 12.4 Å². The fourth-order valence-corrected chi connectivity index (χ4v) is 1.89. The lowest BCUT2D eigenvalue weighted by Crippen LogP contribution is -2.02. The second kappa shape index (κ2) is 6.95. The molecule has 2 rings (SSSR count). The molecule has 4 nitrogen and oxygen atoms in total. The average Bonchev–Trinajstić information content (AvgIpc) is 2.53. The zero-order chi connectivity index (χ0) is 15.2. The Morgan fingerprint density at radius 2 is 1.81 bits per heavy atom. The molecule has 0 aliphatic heterocycles. The second-order valence-corrected chi connectivity index (χ2v) is 4.44. The van der Waals surface area contributed by atoms with Gasteiger partial charge in [-0.1, -0.05) is 6.07 Å². The van der Waals surface area contributed by atoms with Gasteiger partial charge in [-0.15, -0.1) is 0 Å². The van der Waals surface area contributed by atoms with Gasteiger partial charge in [0.05, 0.1) is 14.2 Å². The Kier molecular flexibility index (Phi) is 5.00. The number of benzene rings is 2. The second-order valence-electron chi connectivity index (χ2n) is 4.44. The Hall–Kier alpha value is -2.27. The highest BCUT2D eigenvalue weighted by atomic mass is 19.1. The van der Waals surface area contributed by atoms with Gasteiger partial charge in [0, 0.05) is 18.2 Å². The number of halogens is 1. The Balaban J connectivity index is 2.12. The van der Waals surface area contributed by atoms with E-state index in [1.807, 2.05) is 6.07 Å². The molecule has 0 atom stereocenters. The van der Waals surface area contributed by atoms with E-state index < -0.39 is 0 Å². The maximum Gasteiger partial charge on any atom is 0.161 e. The molecule has 0 bridgehead atoms. The lowest BCUT2D eigenvalue weighted by Gasteiger charge is -2.12. The number of nitrogens with two attached hydrogens (primary N) is 1. The SMILES string of the molecule is COc1ccc(COc2ccc(CN)cc2OC)c(F)c1. The Labute approximate surface area is 123 Å². The highest BCUT2D eigenvalue weighted by Crippen LogP contribution is 2.29. The van der Waals surface area contributed by atoms with Gasteiger partial charge in [-0.2, -0.15) is 0 Å². The van der Waals surface area contributed by atoms with E-state index >= 15 is 0 Å². The predicted molar refractivity (Wildman–Crippen MR) is 78.2 cm³/mol. The predicted octanol–water partition coefficient (Wildman–Crippen LogP) is 2.88. The van der Waals surface area contributed by atoms with Gasteiger partial charge >= 0.3 is 0 Å². The van der Waals surface area contributed by atoms with Crippen molar-refractivity contribution >= 4 is 0 Å². The molecule has 21 heavy (non-hydrogen) atoms. The molecule has 0 radical (unpaired) electrons. The topological polar surface area (TPSA) is 53.7 Å². The summed E-state index contributed by atoms with van der Waals surface area (Å²) in [5.74, 6) is 1.23. The molecule has 2 N–H and O–H groups in total. The highest BCUT2D eigenvalue weighted by molar-refractivity contribution is 5.43. The van der Waals surface area contributed by atoms with Gasteiger partial charge < -0.3 is 19.9 Å². The summed E-state index contributed by atoms with van der Waals surface area (Å²) in [6.07, 6.45) is 0. The minimum absolute atomic E-state index is 0.105. The summed E-state index contributed by atoms with van der Waals surface area (Å²) in [5.41, 5.74) is 6.96. The van der Waals surface area contributed by atoms with Crippen LogP contribution in [-0.4, -0.2) is 14.2 Å². The van der Waals surface area contributed by atoms with Crippen LogP contribution in [0.1, 0.15) is 11.1 Å². The largest absolute Gasteiger partial charge is 0.497 e. The third-order valence-electron chi connectivity index (χ3n) is 3.11. The quantitative estimate of drug-likeness (QED) is 0.889. The summed E-state index contributed by atoms with van der Waals surface area (Å²) < 4.78 is 29.7. The van der Waals surface area contributed by atoms with Crippen LogP contribution in [0.5, 0.6) is 17.2 Å². The third-order valence-corrected chi connectivity index (χ3v) is 3.11. The van der Waals surface area contributed by atoms with E-state index in [0.29, 0.717) is 29.4 Å². The van der Waals surface area contributed by atoms with Crippen molar-refractivity contribution in [3.63, 3.8) is 0 Å². The van der Waals surface area contributed by atoms with Crippen LogP contribution < -0.4 is 19.9 Å². The van der Waals surface area contributed by atoms with Gasteiger partial charge in [0.2, 0.25) is 0 Å². The summed E-state index contributed by atoms with van der Waals surface area (Å²) in [5, 5.41) is 0. The first-order valence-electron chi connectivity index (χ1n) is 6.50. The van der Waals surface area contributed by atoms with Gasteiger partial charge in [0.25, 0.3) is 0 Å². The van der Waals surface area contributed by atoms with Crippen molar-refractivity contribution in [1.82, 2.24) is 0 Å². The lowest BCUT2D eigenvalue weighted by molar-refractivity contribution is 0.279.